The molecule has 0 aromatic heterocycles. The molecular formula is C27H25NO3S3. The van der Waals surface area contributed by atoms with Crippen LogP contribution in [0.25, 0.3) is 6.08 Å². The van der Waals surface area contributed by atoms with Gasteiger partial charge in [-0.25, -0.2) is 0 Å². The fourth-order valence-electron chi connectivity index (χ4n) is 3.56. The van der Waals surface area contributed by atoms with Crippen molar-refractivity contribution in [3.8, 4) is 11.5 Å². The van der Waals surface area contributed by atoms with E-state index in [0.717, 1.165) is 21.7 Å². The first-order valence-corrected chi connectivity index (χ1v) is 13.3. The van der Waals surface area contributed by atoms with E-state index < -0.39 is 0 Å². The Labute approximate surface area is 214 Å². The summed E-state index contributed by atoms with van der Waals surface area (Å²) >= 11 is 8.46. The summed E-state index contributed by atoms with van der Waals surface area (Å²) in [4.78, 5) is 16.4. The molecule has 0 atom stereocenters. The predicted molar refractivity (Wildman–Crippen MR) is 147 cm³/mol. The summed E-state index contributed by atoms with van der Waals surface area (Å²) in [7, 11) is 0. The van der Waals surface area contributed by atoms with Crippen LogP contribution < -0.4 is 14.4 Å². The van der Waals surface area contributed by atoms with E-state index in [9.17, 15) is 4.79 Å². The quantitative estimate of drug-likeness (QED) is 0.184. The lowest BCUT2D eigenvalue weighted by atomic mass is 10.1. The van der Waals surface area contributed by atoms with Crippen molar-refractivity contribution >= 4 is 57.7 Å². The summed E-state index contributed by atoms with van der Waals surface area (Å²) in [5, 5.41) is 0. The number of hydrogen-bond donors (Lipinski definition) is 0. The summed E-state index contributed by atoms with van der Waals surface area (Å²) in [6.07, 6.45) is 3.86. The Hall–Kier alpha value is -2.74. The van der Waals surface area contributed by atoms with E-state index in [1.807, 2.05) is 73.9 Å². The second-order valence-electron chi connectivity index (χ2n) is 7.64. The molecule has 4 nitrogen and oxygen atoms in total. The monoisotopic (exact) mass is 507 g/mol. The minimum Gasteiger partial charge on any atom is -0.490 e. The molecular weight excluding hydrogens is 483 g/mol. The van der Waals surface area contributed by atoms with Gasteiger partial charge in [0.1, 0.15) is 6.61 Å². The molecule has 1 amide bonds. The molecule has 0 saturated carbocycles. The lowest BCUT2D eigenvalue weighted by Crippen LogP contribution is -2.27. The van der Waals surface area contributed by atoms with Gasteiger partial charge < -0.3 is 9.47 Å². The molecule has 0 bridgehead atoms. The maximum absolute atomic E-state index is 13.2. The first-order valence-electron chi connectivity index (χ1n) is 10.9. The SMILES string of the molecule is CCOc1cc(/C=C2\SC(=S)N(c3cccc(SC)c3)C2=O)ccc1OCc1cccc(C)c1. The number of ether oxygens (including phenoxy) is 2. The topological polar surface area (TPSA) is 38.8 Å². The highest BCUT2D eigenvalue weighted by Crippen LogP contribution is 2.38. The molecule has 1 heterocycles. The van der Waals surface area contributed by atoms with E-state index in [1.165, 1.54) is 17.3 Å². The average Bonchev–Trinajstić information content (AvgIpc) is 3.11. The number of carbonyl (C=O) groups is 1. The summed E-state index contributed by atoms with van der Waals surface area (Å²) in [6.45, 7) is 4.96. The van der Waals surface area contributed by atoms with Crippen molar-refractivity contribution in [1.29, 1.82) is 0 Å². The van der Waals surface area contributed by atoms with Gasteiger partial charge >= 0.3 is 0 Å². The van der Waals surface area contributed by atoms with E-state index in [0.29, 0.717) is 33.9 Å². The van der Waals surface area contributed by atoms with Gasteiger partial charge in [0.25, 0.3) is 5.91 Å². The van der Waals surface area contributed by atoms with Crippen molar-refractivity contribution in [1.82, 2.24) is 0 Å². The molecule has 7 heteroatoms. The van der Waals surface area contributed by atoms with E-state index in [-0.39, 0.29) is 5.91 Å². The van der Waals surface area contributed by atoms with Crippen LogP contribution in [0.1, 0.15) is 23.6 Å². The van der Waals surface area contributed by atoms with Gasteiger partial charge in [-0.1, -0.05) is 65.9 Å². The number of benzene rings is 3. The van der Waals surface area contributed by atoms with Crippen molar-refractivity contribution in [3.05, 3.63) is 88.3 Å². The van der Waals surface area contributed by atoms with Gasteiger partial charge in [0.05, 0.1) is 17.2 Å². The molecule has 0 spiro atoms. The van der Waals surface area contributed by atoms with Crippen molar-refractivity contribution < 1.29 is 14.3 Å². The van der Waals surface area contributed by atoms with Gasteiger partial charge in [-0.2, -0.15) is 0 Å². The molecule has 1 saturated heterocycles. The maximum Gasteiger partial charge on any atom is 0.270 e. The van der Waals surface area contributed by atoms with E-state index in [2.05, 4.69) is 19.1 Å². The van der Waals surface area contributed by atoms with Crippen LogP contribution in [-0.2, 0) is 11.4 Å². The number of amides is 1. The smallest absolute Gasteiger partial charge is 0.270 e. The molecule has 174 valence electrons. The highest BCUT2D eigenvalue weighted by Gasteiger charge is 2.33. The zero-order chi connectivity index (χ0) is 24.1. The highest BCUT2D eigenvalue weighted by atomic mass is 32.2. The van der Waals surface area contributed by atoms with Gasteiger partial charge in [-0.3, -0.25) is 9.69 Å². The second-order valence-corrected chi connectivity index (χ2v) is 10.2. The Balaban J connectivity index is 1.55. The van der Waals surface area contributed by atoms with Crippen LogP contribution in [0.5, 0.6) is 11.5 Å². The number of thiocarbonyl (C=S) groups is 1. The van der Waals surface area contributed by atoms with Gasteiger partial charge in [0.2, 0.25) is 0 Å². The zero-order valence-electron chi connectivity index (χ0n) is 19.2. The Morgan fingerprint density at radius 2 is 1.85 bits per heavy atom. The number of carbonyl (C=O) groups excluding carboxylic acids is 1. The molecule has 1 fully saturated rings. The van der Waals surface area contributed by atoms with Crippen LogP contribution >= 0.6 is 35.7 Å². The average molecular weight is 508 g/mol. The van der Waals surface area contributed by atoms with Crippen LogP contribution in [-0.4, -0.2) is 23.1 Å². The van der Waals surface area contributed by atoms with Crippen LogP contribution in [0.4, 0.5) is 5.69 Å². The number of anilines is 1. The Morgan fingerprint density at radius 3 is 2.62 bits per heavy atom. The number of rotatable bonds is 8. The summed E-state index contributed by atoms with van der Waals surface area (Å²) < 4.78 is 12.4. The van der Waals surface area contributed by atoms with E-state index in [4.69, 9.17) is 21.7 Å². The fraction of sp³-hybridized carbons (Fsp3) is 0.185. The number of nitrogens with zero attached hydrogens (tertiary/aromatic N) is 1. The molecule has 0 unspecified atom stereocenters. The lowest BCUT2D eigenvalue weighted by molar-refractivity contribution is -0.113. The molecule has 4 rings (SSSR count). The molecule has 0 N–H and O–H groups in total. The first-order chi connectivity index (χ1) is 16.5. The Kier molecular flexibility index (Phi) is 7.98. The van der Waals surface area contributed by atoms with Crippen molar-refractivity contribution in [2.24, 2.45) is 0 Å². The van der Waals surface area contributed by atoms with Crippen LogP contribution in [0.2, 0.25) is 0 Å². The van der Waals surface area contributed by atoms with Crippen LogP contribution in [0, 0.1) is 6.92 Å². The van der Waals surface area contributed by atoms with E-state index in [1.54, 1.807) is 16.7 Å². The maximum atomic E-state index is 13.2. The minimum absolute atomic E-state index is 0.119. The first kappa shape index (κ1) is 24.4. The van der Waals surface area contributed by atoms with Gasteiger partial charge in [0, 0.05) is 4.90 Å². The molecule has 1 aliphatic heterocycles. The molecule has 1 aliphatic rings. The fourth-order valence-corrected chi connectivity index (χ4v) is 5.31. The minimum atomic E-state index is -0.119. The van der Waals surface area contributed by atoms with Crippen LogP contribution in [0.3, 0.4) is 0 Å². The number of hydrogen-bond acceptors (Lipinski definition) is 6. The van der Waals surface area contributed by atoms with Crippen LogP contribution in [0.15, 0.2) is 76.5 Å². The third-order valence-corrected chi connectivity index (χ3v) is 7.17. The standard InChI is InChI=1S/C27H25NO3S3/c1-4-30-24-14-19(11-12-23(24)31-17-20-8-5-7-18(2)13-20)15-25-26(29)28(27(32)34-25)21-9-6-10-22(16-21)33-3/h5-16H,4,17H2,1-3H3/b25-15-. The van der Waals surface area contributed by atoms with Gasteiger partial charge in [0.15, 0.2) is 15.8 Å². The predicted octanol–water partition coefficient (Wildman–Crippen LogP) is 7.10. The zero-order valence-corrected chi connectivity index (χ0v) is 21.7. The summed E-state index contributed by atoms with van der Waals surface area (Å²) in [5.74, 6) is 1.19. The number of thioether (sulfide) groups is 2. The molecule has 34 heavy (non-hydrogen) atoms. The van der Waals surface area contributed by atoms with Crippen molar-refractivity contribution in [2.75, 3.05) is 17.8 Å². The summed E-state index contributed by atoms with van der Waals surface area (Å²) in [5.41, 5.74) is 3.93. The highest BCUT2D eigenvalue weighted by molar-refractivity contribution is 8.27. The summed E-state index contributed by atoms with van der Waals surface area (Å²) in [6, 6.07) is 21.8. The molecule has 0 aliphatic carbocycles. The third-order valence-electron chi connectivity index (χ3n) is 5.15. The number of aryl methyl sites for hydroxylation is 1. The molecule has 0 radical (unpaired) electrons. The van der Waals surface area contributed by atoms with Crippen molar-refractivity contribution in [2.45, 2.75) is 25.3 Å². The Morgan fingerprint density at radius 1 is 1.03 bits per heavy atom. The van der Waals surface area contributed by atoms with E-state index >= 15 is 0 Å². The normalized spacial score (nSPS) is 14.7. The van der Waals surface area contributed by atoms with Gasteiger partial charge in [-0.05, 0) is 67.6 Å². The Bertz CT molecular complexity index is 1260. The van der Waals surface area contributed by atoms with Gasteiger partial charge in [-0.15, -0.1) is 11.8 Å². The molecule has 3 aromatic rings. The molecule has 3 aromatic carbocycles. The largest absolute Gasteiger partial charge is 0.490 e. The second kappa shape index (κ2) is 11.1. The van der Waals surface area contributed by atoms with Crippen molar-refractivity contribution in [3.63, 3.8) is 0 Å². The lowest BCUT2D eigenvalue weighted by Gasteiger charge is -2.15. The third kappa shape index (κ3) is 5.66.